The van der Waals surface area contributed by atoms with Gasteiger partial charge in [0.15, 0.2) is 0 Å². The van der Waals surface area contributed by atoms with Crippen LogP contribution in [0.4, 0.5) is 4.39 Å². The number of hydrogen-bond acceptors (Lipinski definition) is 2. The Kier molecular flexibility index (Phi) is 5.16. The normalized spacial score (nSPS) is 12.6. The van der Waals surface area contributed by atoms with E-state index < -0.39 is 0 Å². The molecule has 2 rings (SSSR count). The molecule has 1 atom stereocenters. The summed E-state index contributed by atoms with van der Waals surface area (Å²) in [7, 11) is 0. The molecule has 0 aliphatic carbocycles. The van der Waals surface area contributed by atoms with Gasteiger partial charge < -0.3 is 9.73 Å². The molecule has 2 nitrogen and oxygen atoms in total. The molecular weight excluding hydrogens is 309 g/mol. The maximum absolute atomic E-state index is 13.5. The van der Waals surface area contributed by atoms with Crippen molar-refractivity contribution in [3.05, 3.63) is 58.2 Å². The second-order valence-corrected chi connectivity index (χ2v) is 5.41. The quantitative estimate of drug-likeness (QED) is 0.847. The van der Waals surface area contributed by atoms with E-state index in [-0.39, 0.29) is 11.9 Å². The zero-order valence-corrected chi connectivity index (χ0v) is 12.4. The minimum absolute atomic E-state index is 0.0538. The minimum Gasteiger partial charge on any atom is -0.469 e. The molecule has 0 spiro atoms. The Morgan fingerprint density at radius 1 is 1.37 bits per heavy atom. The summed E-state index contributed by atoms with van der Waals surface area (Å²) in [4.78, 5) is 0. The van der Waals surface area contributed by atoms with E-state index in [0.29, 0.717) is 6.42 Å². The first-order valence-electron chi connectivity index (χ1n) is 6.40. The first kappa shape index (κ1) is 14.3. The Labute approximate surface area is 121 Å². The fourth-order valence-corrected chi connectivity index (χ4v) is 2.52. The van der Waals surface area contributed by atoms with Crippen LogP contribution in [0.1, 0.15) is 30.7 Å². The van der Waals surface area contributed by atoms with Gasteiger partial charge in [0.05, 0.1) is 6.26 Å². The van der Waals surface area contributed by atoms with Gasteiger partial charge in [-0.15, -0.1) is 0 Å². The first-order chi connectivity index (χ1) is 9.19. The maximum Gasteiger partial charge on any atom is 0.124 e. The second kappa shape index (κ2) is 6.87. The predicted molar refractivity (Wildman–Crippen MR) is 77.5 cm³/mol. The molecule has 1 N–H and O–H groups in total. The van der Waals surface area contributed by atoms with Crippen LogP contribution in [0.25, 0.3) is 0 Å². The van der Waals surface area contributed by atoms with Crippen LogP contribution in [-0.4, -0.2) is 6.54 Å². The average molecular weight is 326 g/mol. The summed E-state index contributed by atoms with van der Waals surface area (Å²) in [6.45, 7) is 3.00. The highest BCUT2D eigenvalue weighted by molar-refractivity contribution is 9.10. The van der Waals surface area contributed by atoms with Crippen LogP contribution in [0.3, 0.4) is 0 Å². The lowest BCUT2D eigenvalue weighted by atomic mass is 10.0. The summed E-state index contributed by atoms with van der Waals surface area (Å²) in [5, 5.41) is 3.43. The molecule has 0 amide bonds. The predicted octanol–water partition coefficient (Wildman–Crippen LogP) is 4.46. The number of furan rings is 1. The summed E-state index contributed by atoms with van der Waals surface area (Å²) in [5.74, 6) is 0.668. The van der Waals surface area contributed by atoms with E-state index in [9.17, 15) is 4.39 Å². The molecule has 19 heavy (non-hydrogen) atoms. The molecule has 0 aliphatic heterocycles. The first-order valence-corrected chi connectivity index (χ1v) is 7.20. The summed E-state index contributed by atoms with van der Waals surface area (Å²) in [6, 6.07) is 8.84. The van der Waals surface area contributed by atoms with Gasteiger partial charge in [-0.1, -0.05) is 22.9 Å². The molecule has 0 radical (unpaired) electrons. The van der Waals surface area contributed by atoms with Crippen LogP contribution in [0.2, 0.25) is 0 Å². The lowest BCUT2D eigenvalue weighted by Crippen LogP contribution is -2.24. The molecule has 1 aromatic heterocycles. The van der Waals surface area contributed by atoms with E-state index in [1.807, 2.05) is 18.2 Å². The van der Waals surface area contributed by atoms with Gasteiger partial charge in [-0.3, -0.25) is 0 Å². The van der Waals surface area contributed by atoms with E-state index in [2.05, 4.69) is 28.2 Å². The summed E-state index contributed by atoms with van der Waals surface area (Å²) >= 11 is 3.34. The second-order valence-electron chi connectivity index (χ2n) is 4.49. The van der Waals surface area contributed by atoms with Crippen LogP contribution in [0, 0.1) is 5.82 Å². The zero-order valence-electron chi connectivity index (χ0n) is 10.8. The van der Waals surface area contributed by atoms with Gasteiger partial charge in [-0.25, -0.2) is 4.39 Å². The molecule has 0 saturated heterocycles. The summed E-state index contributed by atoms with van der Waals surface area (Å²) in [6.07, 6.45) is 3.40. The molecule has 0 fully saturated rings. The molecule has 0 saturated carbocycles. The smallest absolute Gasteiger partial charge is 0.124 e. The molecule has 0 bridgehead atoms. The molecular formula is C15H17BrFNO. The van der Waals surface area contributed by atoms with Gasteiger partial charge in [0, 0.05) is 16.9 Å². The molecule has 0 aliphatic rings. The van der Waals surface area contributed by atoms with Crippen molar-refractivity contribution >= 4 is 15.9 Å². The maximum atomic E-state index is 13.5. The Morgan fingerprint density at radius 2 is 2.21 bits per heavy atom. The van der Waals surface area contributed by atoms with Crippen LogP contribution in [0.15, 0.2) is 45.5 Å². The van der Waals surface area contributed by atoms with E-state index in [1.54, 1.807) is 12.3 Å². The lowest BCUT2D eigenvalue weighted by Gasteiger charge is -2.18. The highest BCUT2D eigenvalue weighted by Gasteiger charge is 2.14. The largest absolute Gasteiger partial charge is 0.469 e. The van der Waals surface area contributed by atoms with E-state index in [1.165, 1.54) is 6.07 Å². The van der Waals surface area contributed by atoms with Crippen molar-refractivity contribution in [2.45, 2.75) is 25.8 Å². The van der Waals surface area contributed by atoms with Crippen molar-refractivity contribution in [2.75, 3.05) is 6.54 Å². The molecule has 1 unspecified atom stereocenters. The standard InChI is InChI=1S/C15H17BrFNO/c1-2-5-18-15(10-14-4-3-6-19-14)11-7-12(16)9-13(17)8-11/h3-4,6-9,15,18H,2,5,10H2,1H3. The van der Waals surface area contributed by atoms with Crippen LogP contribution in [0.5, 0.6) is 0 Å². The van der Waals surface area contributed by atoms with Crippen molar-refractivity contribution in [1.82, 2.24) is 5.32 Å². The topological polar surface area (TPSA) is 25.2 Å². The molecule has 2 aromatic rings. The minimum atomic E-state index is -0.230. The van der Waals surface area contributed by atoms with Crippen molar-refractivity contribution in [2.24, 2.45) is 0 Å². The molecule has 102 valence electrons. The fraction of sp³-hybridized carbons (Fsp3) is 0.333. The van der Waals surface area contributed by atoms with E-state index in [4.69, 9.17) is 4.42 Å². The summed E-state index contributed by atoms with van der Waals surface area (Å²) < 4.78 is 19.6. The van der Waals surface area contributed by atoms with Crippen molar-refractivity contribution in [1.29, 1.82) is 0 Å². The van der Waals surface area contributed by atoms with Gasteiger partial charge in [-0.2, -0.15) is 0 Å². The van der Waals surface area contributed by atoms with Gasteiger partial charge in [0.2, 0.25) is 0 Å². The SMILES string of the molecule is CCCNC(Cc1ccco1)c1cc(F)cc(Br)c1. The van der Waals surface area contributed by atoms with Gasteiger partial charge >= 0.3 is 0 Å². The third-order valence-electron chi connectivity index (χ3n) is 2.91. The average Bonchev–Trinajstić information content (AvgIpc) is 2.86. The van der Waals surface area contributed by atoms with Crippen molar-refractivity contribution in [3.8, 4) is 0 Å². The van der Waals surface area contributed by atoms with Gasteiger partial charge in [-0.05, 0) is 48.9 Å². The third kappa shape index (κ3) is 4.18. The van der Waals surface area contributed by atoms with Crippen molar-refractivity contribution in [3.63, 3.8) is 0 Å². The third-order valence-corrected chi connectivity index (χ3v) is 3.37. The number of halogens is 2. The highest BCUT2D eigenvalue weighted by atomic mass is 79.9. The van der Waals surface area contributed by atoms with E-state index >= 15 is 0 Å². The molecule has 1 aromatic carbocycles. The monoisotopic (exact) mass is 325 g/mol. The Bertz CT molecular complexity index is 493. The zero-order chi connectivity index (χ0) is 13.7. The Balaban J connectivity index is 2.20. The van der Waals surface area contributed by atoms with E-state index in [0.717, 1.165) is 28.8 Å². The van der Waals surface area contributed by atoms with Crippen LogP contribution < -0.4 is 5.32 Å². The summed E-state index contributed by atoms with van der Waals surface area (Å²) in [5.41, 5.74) is 0.928. The Morgan fingerprint density at radius 3 is 2.84 bits per heavy atom. The lowest BCUT2D eigenvalue weighted by molar-refractivity contribution is 0.447. The van der Waals surface area contributed by atoms with Crippen molar-refractivity contribution < 1.29 is 8.81 Å². The molecule has 1 heterocycles. The van der Waals surface area contributed by atoms with Gasteiger partial charge in [0.1, 0.15) is 11.6 Å². The number of rotatable bonds is 6. The highest BCUT2D eigenvalue weighted by Crippen LogP contribution is 2.23. The number of hydrogen-bond donors (Lipinski definition) is 1. The number of nitrogens with one attached hydrogen (secondary N) is 1. The fourth-order valence-electron chi connectivity index (χ4n) is 2.03. The van der Waals surface area contributed by atoms with Crippen LogP contribution in [-0.2, 0) is 6.42 Å². The molecule has 4 heteroatoms. The Hall–Kier alpha value is -1.13. The van der Waals surface area contributed by atoms with Gasteiger partial charge in [0.25, 0.3) is 0 Å². The van der Waals surface area contributed by atoms with Crippen LogP contribution >= 0.6 is 15.9 Å². The number of benzene rings is 1.